The molecule has 1 rings (SSSR count). The number of benzene rings is 1. The van der Waals surface area contributed by atoms with E-state index in [1.54, 1.807) is 0 Å². The molecule has 1 atom stereocenters. The van der Waals surface area contributed by atoms with Crippen LogP contribution < -0.4 is 16.4 Å². The normalized spacial score (nSPS) is 11.2. The molecule has 0 radical (unpaired) electrons. The first-order valence-corrected chi connectivity index (χ1v) is 6.81. The molecule has 4 N–H and O–H groups in total. The molecule has 0 fully saturated rings. The lowest BCUT2D eigenvalue weighted by Gasteiger charge is -2.14. The first-order chi connectivity index (χ1) is 9.01. The first-order valence-electron chi connectivity index (χ1n) is 6.02. The summed E-state index contributed by atoms with van der Waals surface area (Å²) in [7, 11) is 0. The Morgan fingerprint density at radius 3 is 2.40 bits per heavy atom. The maximum atomic E-state index is 11.5. The number of hydrogen-bond donors (Lipinski definition) is 3. The van der Waals surface area contributed by atoms with Gasteiger partial charge >= 0.3 is 0 Å². The van der Waals surface area contributed by atoms with E-state index in [0.29, 0.717) is 0 Å². The Bertz CT molecular complexity index is 440. The Kier molecular flexibility index (Phi) is 9.20. The molecule has 2 amide bonds. The minimum atomic E-state index is -0.337. The fourth-order valence-electron chi connectivity index (χ4n) is 1.60. The number of amides is 2. The van der Waals surface area contributed by atoms with Gasteiger partial charge in [-0.05, 0) is 31.0 Å². The van der Waals surface area contributed by atoms with Crippen LogP contribution >= 0.6 is 28.3 Å². The third-order valence-corrected chi connectivity index (χ3v) is 3.02. The summed E-state index contributed by atoms with van der Waals surface area (Å²) in [6.07, 6.45) is 0.740. The van der Waals surface area contributed by atoms with Gasteiger partial charge in [0.25, 0.3) is 0 Å². The van der Waals surface area contributed by atoms with Crippen LogP contribution in [0.3, 0.4) is 0 Å². The molecule has 1 unspecified atom stereocenters. The van der Waals surface area contributed by atoms with Crippen LogP contribution in [0, 0.1) is 0 Å². The Labute approximate surface area is 133 Å². The SMILES string of the molecule is CC(Cc1ccc(Br)cc1)NC(=O)CNC(=O)CN.Cl. The molecule has 5 nitrogen and oxygen atoms in total. The molecule has 0 spiro atoms. The van der Waals surface area contributed by atoms with E-state index in [1.165, 1.54) is 0 Å². The third kappa shape index (κ3) is 7.47. The van der Waals surface area contributed by atoms with E-state index in [0.717, 1.165) is 16.5 Å². The predicted octanol–water partition coefficient (Wildman–Crippen LogP) is 0.993. The second-order valence-corrected chi connectivity index (χ2v) is 5.20. The first kappa shape index (κ1) is 18.9. The molecule has 0 bridgehead atoms. The van der Waals surface area contributed by atoms with Gasteiger partial charge in [-0.1, -0.05) is 28.1 Å². The lowest BCUT2D eigenvalue weighted by Crippen LogP contribution is -2.43. The van der Waals surface area contributed by atoms with Crippen LogP contribution in [0.4, 0.5) is 0 Å². The van der Waals surface area contributed by atoms with Crippen molar-refractivity contribution in [2.75, 3.05) is 13.1 Å². The summed E-state index contributed by atoms with van der Waals surface area (Å²) in [4.78, 5) is 22.4. The van der Waals surface area contributed by atoms with E-state index >= 15 is 0 Å². The molecule has 1 aromatic rings. The lowest BCUT2D eigenvalue weighted by atomic mass is 10.1. The minimum absolute atomic E-state index is 0. The highest BCUT2D eigenvalue weighted by Crippen LogP contribution is 2.11. The summed E-state index contributed by atoms with van der Waals surface area (Å²) < 4.78 is 1.03. The fourth-order valence-corrected chi connectivity index (χ4v) is 1.87. The fraction of sp³-hybridized carbons (Fsp3) is 0.385. The van der Waals surface area contributed by atoms with Crippen molar-refractivity contribution in [1.29, 1.82) is 0 Å². The van der Waals surface area contributed by atoms with Crippen molar-refractivity contribution < 1.29 is 9.59 Å². The number of carbonyl (C=O) groups is 2. The Morgan fingerprint density at radius 2 is 1.85 bits per heavy atom. The molecule has 0 aliphatic heterocycles. The number of halogens is 2. The topological polar surface area (TPSA) is 84.2 Å². The molecule has 0 aromatic heterocycles. The van der Waals surface area contributed by atoms with Gasteiger partial charge in [0, 0.05) is 10.5 Å². The Morgan fingerprint density at radius 1 is 1.25 bits per heavy atom. The van der Waals surface area contributed by atoms with Crippen molar-refractivity contribution in [2.45, 2.75) is 19.4 Å². The van der Waals surface area contributed by atoms with Gasteiger partial charge < -0.3 is 16.4 Å². The zero-order chi connectivity index (χ0) is 14.3. The van der Waals surface area contributed by atoms with Crippen LogP contribution in [0.25, 0.3) is 0 Å². The average Bonchev–Trinajstić information content (AvgIpc) is 2.38. The van der Waals surface area contributed by atoms with Crippen molar-refractivity contribution in [2.24, 2.45) is 5.73 Å². The maximum absolute atomic E-state index is 11.5. The summed E-state index contributed by atoms with van der Waals surface area (Å²) in [5.74, 6) is -0.554. The summed E-state index contributed by atoms with van der Waals surface area (Å²) in [6, 6.07) is 7.94. The van der Waals surface area contributed by atoms with Gasteiger partial charge in [0.05, 0.1) is 13.1 Å². The van der Waals surface area contributed by atoms with Crippen molar-refractivity contribution in [1.82, 2.24) is 10.6 Å². The van der Waals surface area contributed by atoms with Gasteiger partial charge in [-0.15, -0.1) is 12.4 Å². The van der Waals surface area contributed by atoms with Crippen molar-refractivity contribution in [3.05, 3.63) is 34.3 Å². The van der Waals surface area contributed by atoms with E-state index in [-0.39, 0.29) is 43.4 Å². The highest BCUT2D eigenvalue weighted by molar-refractivity contribution is 9.10. The molecule has 112 valence electrons. The monoisotopic (exact) mass is 363 g/mol. The third-order valence-electron chi connectivity index (χ3n) is 2.49. The van der Waals surface area contributed by atoms with Crippen molar-refractivity contribution >= 4 is 40.2 Å². The molecule has 1 aromatic carbocycles. The zero-order valence-corrected chi connectivity index (χ0v) is 13.6. The van der Waals surface area contributed by atoms with Crippen molar-refractivity contribution in [3.63, 3.8) is 0 Å². The average molecular weight is 365 g/mol. The van der Waals surface area contributed by atoms with Crippen LogP contribution in [0.2, 0.25) is 0 Å². The van der Waals surface area contributed by atoms with Crippen LogP contribution in [-0.4, -0.2) is 30.9 Å². The van der Waals surface area contributed by atoms with Gasteiger partial charge in [-0.3, -0.25) is 9.59 Å². The summed E-state index contributed by atoms with van der Waals surface area (Å²) in [5, 5.41) is 5.24. The minimum Gasteiger partial charge on any atom is -0.352 e. The number of rotatable bonds is 6. The molecule has 7 heteroatoms. The molecule has 0 aliphatic carbocycles. The molecule has 0 saturated carbocycles. The molecule has 0 aliphatic rings. The quantitative estimate of drug-likeness (QED) is 0.704. The zero-order valence-electron chi connectivity index (χ0n) is 11.2. The van der Waals surface area contributed by atoms with Crippen LogP contribution in [0.15, 0.2) is 28.7 Å². The summed E-state index contributed by atoms with van der Waals surface area (Å²) >= 11 is 3.37. The summed E-state index contributed by atoms with van der Waals surface area (Å²) in [6.45, 7) is 1.77. The largest absolute Gasteiger partial charge is 0.352 e. The lowest BCUT2D eigenvalue weighted by molar-refractivity contribution is -0.125. The molecule has 0 heterocycles. The molecule has 0 saturated heterocycles. The van der Waals surface area contributed by atoms with E-state index in [4.69, 9.17) is 5.73 Å². The number of nitrogens with two attached hydrogens (primary N) is 1. The Balaban J connectivity index is 0.00000361. The second-order valence-electron chi connectivity index (χ2n) is 4.28. The highest BCUT2D eigenvalue weighted by atomic mass is 79.9. The van der Waals surface area contributed by atoms with Crippen LogP contribution in [0.1, 0.15) is 12.5 Å². The number of nitrogens with one attached hydrogen (secondary N) is 2. The number of hydrogen-bond acceptors (Lipinski definition) is 3. The van der Waals surface area contributed by atoms with Gasteiger partial charge in [-0.2, -0.15) is 0 Å². The summed E-state index contributed by atoms with van der Waals surface area (Å²) in [5.41, 5.74) is 6.27. The van der Waals surface area contributed by atoms with E-state index < -0.39 is 0 Å². The van der Waals surface area contributed by atoms with Gasteiger partial charge in [0.1, 0.15) is 0 Å². The van der Waals surface area contributed by atoms with Gasteiger partial charge in [-0.25, -0.2) is 0 Å². The van der Waals surface area contributed by atoms with Gasteiger partial charge in [0.15, 0.2) is 0 Å². The van der Waals surface area contributed by atoms with E-state index in [2.05, 4.69) is 26.6 Å². The molecular formula is C13H19BrClN3O2. The Hall–Kier alpha value is -1.11. The molecular weight excluding hydrogens is 346 g/mol. The maximum Gasteiger partial charge on any atom is 0.239 e. The smallest absolute Gasteiger partial charge is 0.239 e. The molecule has 20 heavy (non-hydrogen) atoms. The highest BCUT2D eigenvalue weighted by Gasteiger charge is 2.09. The number of carbonyl (C=O) groups excluding carboxylic acids is 2. The van der Waals surface area contributed by atoms with Gasteiger partial charge in [0.2, 0.25) is 11.8 Å². The van der Waals surface area contributed by atoms with E-state index in [1.807, 2.05) is 31.2 Å². The second kappa shape index (κ2) is 9.74. The van der Waals surface area contributed by atoms with E-state index in [9.17, 15) is 9.59 Å². The van der Waals surface area contributed by atoms with Crippen molar-refractivity contribution in [3.8, 4) is 0 Å². The van der Waals surface area contributed by atoms with Crippen LogP contribution in [-0.2, 0) is 16.0 Å². The predicted molar refractivity (Wildman–Crippen MR) is 84.8 cm³/mol. The van der Waals surface area contributed by atoms with Crippen LogP contribution in [0.5, 0.6) is 0 Å². The standard InChI is InChI=1S/C13H18BrN3O2.ClH/c1-9(6-10-2-4-11(14)5-3-10)17-13(19)8-16-12(18)7-15;/h2-5,9H,6-8,15H2,1H3,(H,16,18)(H,17,19);1H.